The normalized spacial score (nSPS) is 13.6. The summed E-state index contributed by atoms with van der Waals surface area (Å²) in [7, 11) is 4.07. The number of carbonyl (C=O) groups is 1. The molecule has 3 aromatic rings. The van der Waals surface area contributed by atoms with E-state index in [0.717, 1.165) is 18.7 Å². The molecule has 0 saturated heterocycles. The zero-order chi connectivity index (χ0) is 21.1. The maximum absolute atomic E-state index is 12.7. The summed E-state index contributed by atoms with van der Waals surface area (Å²) in [6, 6.07) is 24.2. The van der Waals surface area contributed by atoms with Crippen LogP contribution in [0.4, 0.5) is 11.4 Å². The van der Waals surface area contributed by atoms with Crippen LogP contribution in [0.15, 0.2) is 72.8 Å². The van der Waals surface area contributed by atoms with Gasteiger partial charge in [-0.05, 0) is 53.9 Å². The molecule has 0 spiro atoms. The van der Waals surface area contributed by atoms with Crippen molar-refractivity contribution in [3.63, 3.8) is 0 Å². The first-order chi connectivity index (χ1) is 14.5. The summed E-state index contributed by atoms with van der Waals surface area (Å²) in [6.07, 6.45) is 1.02. The number of halogens is 1. The van der Waals surface area contributed by atoms with Gasteiger partial charge in [0.1, 0.15) is 0 Å². The topological polar surface area (TPSA) is 35.6 Å². The minimum Gasteiger partial charge on any atom is -0.378 e. The Morgan fingerprint density at radius 3 is 2.57 bits per heavy atom. The van der Waals surface area contributed by atoms with Gasteiger partial charge >= 0.3 is 0 Å². The second-order valence-electron chi connectivity index (χ2n) is 7.79. The van der Waals surface area contributed by atoms with Crippen molar-refractivity contribution in [1.82, 2.24) is 5.32 Å². The molecule has 1 aliphatic rings. The van der Waals surface area contributed by atoms with Gasteiger partial charge in [-0.25, -0.2) is 0 Å². The van der Waals surface area contributed by atoms with Gasteiger partial charge in [-0.3, -0.25) is 4.79 Å². The second-order valence-corrected chi connectivity index (χ2v) is 8.23. The predicted octanol–water partition coefficient (Wildman–Crippen LogP) is 4.94. The minimum atomic E-state index is -0.111. The molecule has 1 aliphatic heterocycles. The van der Waals surface area contributed by atoms with Gasteiger partial charge in [0.15, 0.2) is 0 Å². The SMILES string of the molecule is CN(C)c1ccc([C@@H](CNC(=O)c2cccc(Cl)c2)N2CCc3ccccc32)cc1. The monoisotopic (exact) mass is 419 g/mol. The smallest absolute Gasteiger partial charge is 0.251 e. The van der Waals surface area contributed by atoms with E-state index in [0.29, 0.717) is 17.1 Å². The van der Waals surface area contributed by atoms with Crippen LogP contribution in [0.3, 0.4) is 0 Å². The van der Waals surface area contributed by atoms with Gasteiger partial charge < -0.3 is 15.1 Å². The molecule has 0 aliphatic carbocycles. The highest BCUT2D eigenvalue weighted by atomic mass is 35.5. The Morgan fingerprint density at radius 1 is 1.07 bits per heavy atom. The zero-order valence-electron chi connectivity index (χ0n) is 17.3. The summed E-state index contributed by atoms with van der Waals surface area (Å²) in [4.78, 5) is 17.2. The van der Waals surface area contributed by atoms with Crippen LogP contribution >= 0.6 is 11.6 Å². The first-order valence-electron chi connectivity index (χ1n) is 10.2. The van der Waals surface area contributed by atoms with Crippen molar-refractivity contribution in [3.8, 4) is 0 Å². The lowest BCUT2D eigenvalue weighted by Crippen LogP contribution is -2.37. The van der Waals surface area contributed by atoms with Crippen molar-refractivity contribution in [2.24, 2.45) is 0 Å². The fourth-order valence-electron chi connectivity index (χ4n) is 4.01. The maximum atomic E-state index is 12.7. The van der Waals surface area contributed by atoms with Crippen LogP contribution in [0.5, 0.6) is 0 Å². The molecule has 4 rings (SSSR count). The number of fused-ring (bicyclic) bond motifs is 1. The fourth-order valence-corrected chi connectivity index (χ4v) is 4.20. The average Bonchev–Trinajstić information content (AvgIpc) is 3.18. The quantitative estimate of drug-likeness (QED) is 0.614. The van der Waals surface area contributed by atoms with Crippen molar-refractivity contribution in [1.29, 1.82) is 0 Å². The van der Waals surface area contributed by atoms with Gasteiger partial charge in [0.05, 0.1) is 6.04 Å². The highest BCUT2D eigenvalue weighted by Gasteiger charge is 2.27. The number of amides is 1. The molecule has 1 heterocycles. The fraction of sp³-hybridized carbons (Fsp3) is 0.240. The number of para-hydroxylation sites is 1. The Balaban J connectivity index is 1.60. The van der Waals surface area contributed by atoms with E-state index in [2.05, 4.69) is 63.6 Å². The van der Waals surface area contributed by atoms with Crippen LogP contribution in [0, 0.1) is 0 Å². The zero-order valence-corrected chi connectivity index (χ0v) is 18.1. The van der Waals surface area contributed by atoms with Crippen LogP contribution < -0.4 is 15.1 Å². The van der Waals surface area contributed by atoms with E-state index < -0.39 is 0 Å². The van der Waals surface area contributed by atoms with E-state index in [1.807, 2.05) is 14.1 Å². The summed E-state index contributed by atoms with van der Waals surface area (Å²) in [5.41, 5.74) is 5.52. The first-order valence-corrected chi connectivity index (χ1v) is 10.6. The predicted molar refractivity (Wildman–Crippen MR) is 125 cm³/mol. The third-order valence-corrected chi connectivity index (χ3v) is 5.87. The molecule has 0 unspecified atom stereocenters. The van der Waals surface area contributed by atoms with Gasteiger partial charge in [0.25, 0.3) is 5.91 Å². The number of nitrogens with zero attached hydrogens (tertiary/aromatic N) is 2. The largest absolute Gasteiger partial charge is 0.378 e. The Bertz CT molecular complexity index is 1030. The molecule has 1 amide bonds. The molecular formula is C25H26ClN3O. The number of hydrogen-bond donors (Lipinski definition) is 1. The van der Waals surface area contributed by atoms with E-state index >= 15 is 0 Å². The van der Waals surface area contributed by atoms with E-state index in [1.165, 1.54) is 16.8 Å². The lowest BCUT2D eigenvalue weighted by molar-refractivity contribution is 0.0951. The minimum absolute atomic E-state index is 0.0491. The van der Waals surface area contributed by atoms with E-state index in [1.54, 1.807) is 24.3 Å². The molecule has 30 heavy (non-hydrogen) atoms. The molecule has 0 radical (unpaired) electrons. The number of benzene rings is 3. The Labute approximate surface area is 183 Å². The highest BCUT2D eigenvalue weighted by Crippen LogP contribution is 2.35. The van der Waals surface area contributed by atoms with Crippen LogP contribution in [-0.4, -0.2) is 33.1 Å². The molecular weight excluding hydrogens is 394 g/mol. The molecule has 0 fully saturated rings. The number of carbonyl (C=O) groups excluding carboxylic acids is 1. The summed E-state index contributed by atoms with van der Waals surface area (Å²) >= 11 is 6.06. The molecule has 0 bridgehead atoms. The Morgan fingerprint density at radius 2 is 1.83 bits per heavy atom. The molecule has 1 atom stereocenters. The van der Waals surface area contributed by atoms with Gasteiger partial charge in [0, 0.05) is 49.1 Å². The summed E-state index contributed by atoms with van der Waals surface area (Å²) in [5.74, 6) is -0.111. The summed E-state index contributed by atoms with van der Waals surface area (Å²) in [5, 5.41) is 3.68. The third kappa shape index (κ3) is 4.29. The molecule has 1 N–H and O–H groups in total. The van der Waals surface area contributed by atoms with E-state index in [9.17, 15) is 4.79 Å². The first kappa shape index (κ1) is 20.3. The Hall–Kier alpha value is -2.98. The van der Waals surface area contributed by atoms with Gasteiger partial charge in [-0.15, -0.1) is 0 Å². The number of nitrogens with one attached hydrogen (secondary N) is 1. The van der Waals surface area contributed by atoms with Crippen LogP contribution in [0.1, 0.15) is 27.5 Å². The number of anilines is 2. The lowest BCUT2D eigenvalue weighted by atomic mass is 10.0. The van der Waals surface area contributed by atoms with E-state index in [4.69, 9.17) is 11.6 Å². The molecule has 0 aromatic heterocycles. The second kappa shape index (κ2) is 8.80. The molecule has 0 saturated carbocycles. The van der Waals surface area contributed by atoms with Gasteiger partial charge in [-0.1, -0.05) is 48.0 Å². The molecule has 5 heteroatoms. The van der Waals surface area contributed by atoms with Crippen LogP contribution in [-0.2, 0) is 6.42 Å². The van der Waals surface area contributed by atoms with Crippen molar-refractivity contribution < 1.29 is 4.79 Å². The van der Waals surface area contributed by atoms with Crippen molar-refractivity contribution in [2.45, 2.75) is 12.5 Å². The standard InChI is InChI=1S/C25H26ClN3O/c1-28(2)22-12-10-19(11-13-22)24(29-15-14-18-6-3-4-9-23(18)29)17-27-25(30)20-7-5-8-21(26)16-20/h3-13,16,24H,14-15,17H2,1-2H3,(H,27,30)/t24-/m1/s1. The van der Waals surface area contributed by atoms with Gasteiger partial charge in [-0.2, -0.15) is 0 Å². The highest BCUT2D eigenvalue weighted by molar-refractivity contribution is 6.30. The lowest BCUT2D eigenvalue weighted by Gasteiger charge is -2.31. The van der Waals surface area contributed by atoms with Crippen molar-refractivity contribution >= 4 is 28.9 Å². The summed E-state index contributed by atoms with van der Waals surface area (Å²) < 4.78 is 0. The molecule has 154 valence electrons. The third-order valence-electron chi connectivity index (χ3n) is 5.64. The number of hydrogen-bond acceptors (Lipinski definition) is 3. The number of rotatable bonds is 6. The van der Waals surface area contributed by atoms with Gasteiger partial charge in [0.2, 0.25) is 0 Å². The Kier molecular flexibility index (Phi) is 5.96. The van der Waals surface area contributed by atoms with Crippen molar-refractivity contribution in [3.05, 3.63) is 94.5 Å². The molecule has 4 nitrogen and oxygen atoms in total. The summed E-state index contributed by atoms with van der Waals surface area (Å²) in [6.45, 7) is 1.45. The maximum Gasteiger partial charge on any atom is 0.251 e. The van der Waals surface area contributed by atoms with Crippen LogP contribution in [0.2, 0.25) is 5.02 Å². The average molecular weight is 420 g/mol. The van der Waals surface area contributed by atoms with Crippen molar-refractivity contribution in [2.75, 3.05) is 37.0 Å². The van der Waals surface area contributed by atoms with Crippen LogP contribution in [0.25, 0.3) is 0 Å². The molecule has 3 aromatic carbocycles. The van der Waals surface area contributed by atoms with E-state index in [-0.39, 0.29) is 11.9 Å².